The van der Waals surface area contributed by atoms with Crippen LogP contribution in [0.2, 0.25) is 0 Å². The molecule has 8 nitrogen and oxygen atoms in total. The lowest BCUT2D eigenvalue weighted by Gasteiger charge is -2.06. The Kier molecular flexibility index (Phi) is 6.05. The van der Waals surface area contributed by atoms with Crippen LogP contribution < -0.4 is 16.5 Å². The molecule has 26 heavy (non-hydrogen) atoms. The van der Waals surface area contributed by atoms with Gasteiger partial charge in [0.15, 0.2) is 0 Å². The first-order chi connectivity index (χ1) is 12.4. The molecule has 0 radical (unpaired) electrons. The van der Waals surface area contributed by atoms with E-state index in [1.54, 1.807) is 31.2 Å². The fraction of sp³-hybridized carbons (Fsp3) is 0.111. The van der Waals surface area contributed by atoms with E-state index >= 15 is 0 Å². The number of nitrogens with one attached hydrogen (secondary N) is 2. The molecule has 0 fully saturated rings. The van der Waals surface area contributed by atoms with Crippen molar-refractivity contribution in [3.8, 4) is 5.75 Å². The van der Waals surface area contributed by atoms with Gasteiger partial charge in [-0.05, 0) is 43.3 Å². The molecule has 2 aromatic carbocycles. The van der Waals surface area contributed by atoms with Crippen molar-refractivity contribution in [2.24, 2.45) is 10.8 Å². The van der Waals surface area contributed by atoms with Crippen molar-refractivity contribution in [2.45, 2.75) is 13.3 Å². The molecule has 0 saturated carbocycles. The maximum atomic E-state index is 12.0. The fourth-order valence-corrected chi connectivity index (χ4v) is 2.07. The summed E-state index contributed by atoms with van der Waals surface area (Å²) in [6.07, 6.45) is -0.0430. The van der Waals surface area contributed by atoms with Crippen molar-refractivity contribution in [2.75, 3.05) is 5.32 Å². The van der Waals surface area contributed by atoms with Gasteiger partial charge in [0.2, 0.25) is 11.8 Å². The van der Waals surface area contributed by atoms with E-state index in [0.717, 1.165) is 0 Å². The van der Waals surface area contributed by atoms with E-state index in [1.165, 1.54) is 24.3 Å². The van der Waals surface area contributed by atoms with Crippen LogP contribution in [0.1, 0.15) is 34.1 Å². The SMILES string of the molecule is CC(CC(=O)Nc1ccc(C(N)=O)cc1)=NNC(=O)c1ccccc1O. The van der Waals surface area contributed by atoms with Gasteiger partial charge in [-0.25, -0.2) is 5.43 Å². The molecule has 0 atom stereocenters. The minimum Gasteiger partial charge on any atom is -0.507 e. The maximum Gasteiger partial charge on any atom is 0.275 e. The van der Waals surface area contributed by atoms with Crippen LogP contribution in [0.25, 0.3) is 0 Å². The van der Waals surface area contributed by atoms with Gasteiger partial charge in [-0.3, -0.25) is 14.4 Å². The molecule has 0 aliphatic rings. The summed E-state index contributed by atoms with van der Waals surface area (Å²) in [7, 11) is 0. The van der Waals surface area contributed by atoms with E-state index in [9.17, 15) is 19.5 Å². The number of anilines is 1. The molecular formula is C18H18N4O4. The summed E-state index contributed by atoms with van der Waals surface area (Å²) >= 11 is 0. The predicted molar refractivity (Wildman–Crippen MR) is 96.9 cm³/mol. The second kappa shape index (κ2) is 8.43. The number of carbonyl (C=O) groups is 3. The number of phenols is 1. The molecule has 0 bridgehead atoms. The first kappa shape index (κ1) is 18.7. The van der Waals surface area contributed by atoms with Crippen LogP contribution in [-0.2, 0) is 4.79 Å². The topological polar surface area (TPSA) is 134 Å². The fourth-order valence-electron chi connectivity index (χ4n) is 2.07. The van der Waals surface area contributed by atoms with Gasteiger partial charge in [-0.15, -0.1) is 0 Å². The number of carbonyl (C=O) groups excluding carboxylic acids is 3. The number of amides is 3. The molecule has 0 aliphatic carbocycles. The number of nitrogens with zero attached hydrogens (tertiary/aromatic N) is 1. The van der Waals surface area contributed by atoms with Gasteiger partial charge in [0, 0.05) is 17.0 Å². The van der Waals surface area contributed by atoms with Gasteiger partial charge in [-0.2, -0.15) is 5.10 Å². The monoisotopic (exact) mass is 354 g/mol. The Balaban J connectivity index is 1.89. The van der Waals surface area contributed by atoms with Crippen molar-refractivity contribution in [1.29, 1.82) is 0 Å². The van der Waals surface area contributed by atoms with E-state index in [4.69, 9.17) is 5.73 Å². The summed E-state index contributed by atoms with van der Waals surface area (Å²) in [6, 6.07) is 12.2. The van der Waals surface area contributed by atoms with Crippen LogP contribution in [0, 0.1) is 0 Å². The molecular weight excluding hydrogens is 336 g/mol. The van der Waals surface area contributed by atoms with E-state index in [-0.39, 0.29) is 23.6 Å². The van der Waals surface area contributed by atoms with E-state index in [2.05, 4.69) is 15.8 Å². The molecule has 3 amide bonds. The van der Waals surface area contributed by atoms with Crippen molar-refractivity contribution < 1.29 is 19.5 Å². The number of phenolic OH excluding ortho intramolecular Hbond substituents is 1. The van der Waals surface area contributed by atoms with Crippen LogP contribution in [0.4, 0.5) is 5.69 Å². The molecule has 0 spiro atoms. The lowest BCUT2D eigenvalue weighted by Crippen LogP contribution is -2.21. The van der Waals surface area contributed by atoms with E-state index < -0.39 is 11.8 Å². The minimum atomic E-state index is -0.579. The summed E-state index contributed by atoms with van der Waals surface area (Å²) in [5.74, 6) is -1.62. The van der Waals surface area contributed by atoms with Crippen molar-refractivity contribution in [3.05, 3.63) is 59.7 Å². The molecule has 0 heterocycles. The Labute approximate surface area is 149 Å². The first-order valence-corrected chi connectivity index (χ1v) is 7.68. The van der Waals surface area contributed by atoms with Crippen LogP contribution in [0.5, 0.6) is 5.75 Å². The smallest absolute Gasteiger partial charge is 0.275 e. The van der Waals surface area contributed by atoms with Gasteiger partial charge >= 0.3 is 0 Å². The first-order valence-electron chi connectivity index (χ1n) is 7.68. The highest BCUT2D eigenvalue weighted by Crippen LogP contribution is 2.15. The predicted octanol–water partition coefficient (Wildman–Crippen LogP) is 1.63. The number of nitrogens with two attached hydrogens (primary N) is 1. The Morgan fingerprint density at radius 1 is 1.08 bits per heavy atom. The summed E-state index contributed by atoms with van der Waals surface area (Å²) in [5, 5.41) is 16.1. The maximum absolute atomic E-state index is 12.0. The van der Waals surface area contributed by atoms with Crippen LogP contribution >= 0.6 is 0 Å². The summed E-state index contributed by atoms with van der Waals surface area (Å²) in [5.41, 5.74) is 8.74. The molecule has 0 unspecified atom stereocenters. The molecule has 8 heteroatoms. The lowest BCUT2D eigenvalue weighted by atomic mass is 10.2. The highest BCUT2D eigenvalue weighted by Gasteiger charge is 2.10. The third-order valence-electron chi connectivity index (χ3n) is 3.37. The van der Waals surface area contributed by atoms with Gasteiger partial charge in [0.05, 0.1) is 12.0 Å². The Bertz CT molecular complexity index is 860. The van der Waals surface area contributed by atoms with Crippen molar-refractivity contribution >= 4 is 29.1 Å². The minimum absolute atomic E-state index is 0.0430. The van der Waals surface area contributed by atoms with Gasteiger partial charge < -0.3 is 16.2 Å². The van der Waals surface area contributed by atoms with Crippen LogP contribution in [-0.4, -0.2) is 28.5 Å². The molecule has 0 aliphatic heterocycles. The van der Waals surface area contributed by atoms with Gasteiger partial charge in [0.25, 0.3) is 5.91 Å². The summed E-state index contributed by atoms with van der Waals surface area (Å²) in [6.45, 7) is 1.58. The number of hydrazone groups is 1. The molecule has 5 N–H and O–H groups in total. The second-order valence-electron chi connectivity index (χ2n) is 5.47. The third-order valence-corrected chi connectivity index (χ3v) is 3.37. The molecule has 134 valence electrons. The van der Waals surface area contributed by atoms with E-state index in [0.29, 0.717) is 17.0 Å². The van der Waals surface area contributed by atoms with Crippen LogP contribution in [0.3, 0.4) is 0 Å². The van der Waals surface area contributed by atoms with Gasteiger partial charge in [0.1, 0.15) is 5.75 Å². The molecule has 2 aromatic rings. The zero-order valence-electron chi connectivity index (χ0n) is 14.0. The molecule has 0 saturated heterocycles. The van der Waals surface area contributed by atoms with Crippen molar-refractivity contribution in [1.82, 2.24) is 5.43 Å². The number of primary amides is 1. The number of rotatable bonds is 6. The largest absolute Gasteiger partial charge is 0.507 e. The Hall–Kier alpha value is -3.68. The van der Waals surface area contributed by atoms with E-state index in [1.807, 2.05) is 0 Å². The average Bonchev–Trinajstić information content (AvgIpc) is 2.60. The highest BCUT2D eigenvalue weighted by atomic mass is 16.3. The number of hydrogen-bond donors (Lipinski definition) is 4. The number of aromatic hydroxyl groups is 1. The standard InChI is InChI=1S/C18H18N4O4/c1-11(21-22-18(26)14-4-2-3-5-15(14)23)10-16(24)20-13-8-6-12(7-9-13)17(19)25/h2-9,23H,10H2,1H3,(H2,19,25)(H,20,24)(H,22,26). The lowest BCUT2D eigenvalue weighted by molar-refractivity contribution is -0.115. The second-order valence-corrected chi connectivity index (χ2v) is 5.47. The molecule has 0 aromatic heterocycles. The zero-order valence-corrected chi connectivity index (χ0v) is 14.0. The van der Waals surface area contributed by atoms with Gasteiger partial charge in [-0.1, -0.05) is 12.1 Å². The number of para-hydroxylation sites is 1. The van der Waals surface area contributed by atoms with Crippen molar-refractivity contribution in [3.63, 3.8) is 0 Å². The number of benzene rings is 2. The normalized spacial score (nSPS) is 10.9. The Morgan fingerprint density at radius 3 is 2.35 bits per heavy atom. The third kappa shape index (κ3) is 5.17. The highest BCUT2D eigenvalue weighted by molar-refractivity contribution is 6.06. The summed E-state index contributed by atoms with van der Waals surface area (Å²) < 4.78 is 0. The molecule has 2 rings (SSSR count). The zero-order chi connectivity index (χ0) is 19.1. The Morgan fingerprint density at radius 2 is 1.73 bits per heavy atom. The quantitative estimate of drug-likeness (QED) is 0.463. The van der Waals surface area contributed by atoms with Crippen LogP contribution in [0.15, 0.2) is 53.6 Å². The number of hydrogen-bond acceptors (Lipinski definition) is 5. The summed E-state index contributed by atoms with van der Waals surface area (Å²) in [4.78, 5) is 34.9. The average molecular weight is 354 g/mol.